The highest BCUT2D eigenvalue weighted by Gasteiger charge is 2.53. The quantitative estimate of drug-likeness (QED) is 0.0989. The summed E-state index contributed by atoms with van der Waals surface area (Å²) in [6.07, 6.45) is -4.69. The second kappa shape index (κ2) is 16.7. The number of imidazole rings is 1. The van der Waals surface area contributed by atoms with Gasteiger partial charge >= 0.3 is 26.3 Å². The maximum atomic E-state index is 15.0. The SMILES string of the molecule is CO[C@@H]1[C@@H]2O[P@](=O)(SCc3ccc(OC(=O)c4ccc(O)cc4)cc3)OC[C@@H]3C[C@@H](OP(=O)(O)OCC2O[C@H]1n1cnc2c(N)ncnc21)[C@H](n1ccc(=O)[nH]c1=O)O3. The minimum Gasteiger partial charge on any atom is -0.508 e. The number of H-pyrrole nitrogens is 1. The van der Waals surface area contributed by atoms with Crippen molar-refractivity contribution in [1.82, 2.24) is 29.1 Å². The Labute approximate surface area is 336 Å². The lowest BCUT2D eigenvalue weighted by Gasteiger charge is -2.28. The van der Waals surface area contributed by atoms with Gasteiger partial charge in [-0.05, 0) is 53.3 Å². The monoisotopic (exact) mass is 875 g/mol. The van der Waals surface area contributed by atoms with Gasteiger partial charge in [0.15, 0.2) is 23.9 Å². The number of aromatic amines is 1. The number of aromatic hydroxyl groups is 1. The van der Waals surface area contributed by atoms with Crippen LogP contribution in [0.4, 0.5) is 5.82 Å². The largest absolute Gasteiger partial charge is 0.508 e. The molecule has 9 atom stereocenters. The minimum absolute atomic E-state index is 0.00135. The van der Waals surface area contributed by atoms with Gasteiger partial charge in [0.1, 0.15) is 47.8 Å². The highest BCUT2D eigenvalue weighted by atomic mass is 32.7. The maximum absolute atomic E-state index is 15.0. The first kappa shape index (κ1) is 41.0. The normalized spacial score (nSPS) is 29.9. The van der Waals surface area contributed by atoms with Gasteiger partial charge in [-0.15, -0.1) is 0 Å². The van der Waals surface area contributed by atoms with Crippen molar-refractivity contribution in [2.24, 2.45) is 0 Å². The highest BCUT2D eigenvalue weighted by Crippen LogP contribution is 2.64. The summed E-state index contributed by atoms with van der Waals surface area (Å²) in [4.78, 5) is 62.7. The molecule has 0 amide bonds. The number of hydrogen-bond acceptors (Lipinski definition) is 19. The summed E-state index contributed by atoms with van der Waals surface area (Å²) in [5.74, 6) is -0.279. The van der Waals surface area contributed by atoms with E-state index in [1.807, 2.05) is 0 Å². The number of phenolic OH excluding ortho intramolecular Hbond substituents is 1. The summed E-state index contributed by atoms with van der Waals surface area (Å²) < 4.78 is 78.0. The van der Waals surface area contributed by atoms with E-state index in [2.05, 4.69) is 19.9 Å². The number of rotatable bonds is 8. The van der Waals surface area contributed by atoms with Gasteiger partial charge in [0, 0.05) is 31.5 Å². The molecule has 5 N–H and O–H groups in total. The molecular weight excluding hydrogens is 840 g/mol. The number of phosphoric acid groups is 1. The number of aromatic nitrogens is 6. The summed E-state index contributed by atoms with van der Waals surface area (Å²) in [5.41, 5.74) is 5.83. The Morgan fingerprint density at radius 2 is 1.75 bits per heavy atom. The lowest BCUT2D eigenvalue weighted by molar-refractivity contribution is -0.0668. The standard InChI is InChI=1S/C34H35N7O15P2S/c1-49-28-27-24(54-32(28)41-17-38-26-29(35)36-16-37-30(26)41)14-50-57(46,47)55-23-12-22(52-31(23)40-11-10-25(43)39-34(40)45)13-51-58(48,56-27)59-15-18-2-8-21(9-3-18)53-33(44)19-4-6-20(42)7-5-19/h2-11,16-17,22-24,27-28,31-32,42H,12-15H2,1H3,(H,46,47)(H2,35,36,37)(H,39,43,45)/t22-,23+,24?,27+,28+,31+,32+,58+/m0/s1. The predicted molar refractivity (Wildman–Crippen MR) is 204 cm³/mol. The van der Waals surface area contributed by atoms with Gasteiger partial charge in [-0.2, -0.15) is 0 Å². The van der Waals surface area contributed by atoms with Crippen molar-refractivity contribution >= 4 is 49.0 Å². The van der Waals surface area contributed by atoms with Gasteiger partial charge in [0.2, 0.25) is 0 Å². The third-order valence-electron chi connectivity index (χ3n) is 9.46. The Kier molecular flexibility index (Phi) is 11.6. The van der Waals surface area contributed by atoms with E-state index in [9.17, 15) is 33.5 Å². The van der Waals surface area contributed by atoms with Crippen molar-refractivity contribution in [1.29, 1.82) is 0 Å². The molecule has 3 aromatic heterocycles. The van der Waals surface area contributed by atoms with Crippen molar-refractivity contribution in [3.05, 3.63) is 105 Å². The number of ether oxygens (including phenoxy) is 4. The number of carbonyl (C=O) groups is 1. The Hall–Kier alpha value is -4.77. The summed E-state index contributed by atoms with van der Waals surface area (Å²) in [7, 11) is -3.60. The zero-order valence-electron chi connectivity index (χ0n) is 30.6. The number of nitrogen functional groups attached to an aromatic ring is 1. The molecule has 6 heterocycles. The molecule has 3 aliphatic heterocycles. The molecule has 3 saturated heterocycles. The lowest BCUT2D eigenvalue weighted by Crippen LogP contribution is -2.37. The van der Waals surface area contributed by atoms with Gasteiger partial charge in [0.05, 0.1) is 31.2 Å². The van der Waals surface area contributed by atoms with Crippen LogP contribution in [0.1, 0.15) is 34.8 Å². The average molecular weight is 876 g/mol. The first-order valence-electron chi connectivity index (χ1n) is 17.7. The zero-order valence-corrected chi connectivity index (χ0v) is 33.2. The Morgan fingerprint density at radius 1 is 0.966 bits per heavy atom. The fourth-order valence-electron chi connectivity index (χ4n) is 6.65. The molecule has 0 radical (unpaired) electrons. The molecule has 0 aliphatic carbocycles. The molecule has 3 aliphatic rings. The van der Waals surface area contributed by atoms with Crippen LogP contribution in [-0.2, 0) is 47.2 Å². The van der Waals surface area contributed by atoms with Crippen LogP contribution in [0.3, 0.4) is 0 Å². The van der Waals surface area contributed by atoms with Crippen molar-refractivity contribution < 1.29 is 61.0 Å². The lowest BCUT2D eigenvalue weighted by atomic mass is 10.1. The molecule has 2 unspecified atom stereocenters. The number of carbonyl (C=O) groups excluding carboxylic acids is 1. The van der Waals surface area contributed by atoms with Crippen LogP contribution in [-0.4, -0.2) is 95.9 Å². The Balaban J connectivity index is 1.08. The van der Waals surface area contributed by atoms with E-state index in [-0.39, 0.29) is 46.2 Å². The molecule has 2 aromatic carbocycles. The number of nitrogens with zero attached hydrogens (tertiary/aromatic N) is 5. The number of methoxy groups -OCH3 is 1. The zero-order chi connectivity index (χ0) is 41.5. The third kappa shape index (κ3) is 8.91. The number of anilines is 1. The highest BCUT2D eigenvalue weighted by molar-refractivity contribution is 8.54. The summed E-state index contributed by atoms with van der Waals surface area (Å²) in [5, 5.41) is 9.52. The van der Waals surface area contributed by atoms with Crippen molar-refractivity contribution in [2.45, 2.75) is 55.1 Å². The molecule has 22 nitrogen and oxygen atoms in total. The fraction of sp³-hybridized carbons (Fsp3) is 0.353. The molecule has 8 rings (SSSR count). The molecule has 0 spiro atoms. The number of phosphoric ester groups is 1. The number of hydrogen-bond donors (Lipinski definition) is 4. The van der Waals surface area contributed by atoms with E-state index >= 15 is 0 Å². The third-order valence-corrected chi connectivity index (χ3v) is 14.1. The fourth-order valence-corrected chi connectivity index (χ4v) is 11.0. The number of nitrogens with two attached hydrogens (primary N) is 1. The topological polar surface area (TPSA) is 290 Å². The van der Waals surface area contributed by atoms with Crippen LogP contribution in [0, 0.1) is 0 Å². The number of esters is 1. The second-order valence-corrected chi connectivity index (χ2v) is 18.8. The predicted octanol–water partition coefficient (Wildman–Crippen LogP) is 3.04. The first-order valence-corrected chi connectivity index (χ1v) is 22.3. The smallest absolute Gasteiger partial charge is 0.472 e. The molecule has 312 valence electrons. The van der Waals surface area contributed by atoms with E-state index in [4.69, 9.17) is 42.8 Å². The van der Waals surface area contributed by atoms with Gasteiger partial charge in [-0.3, -0.25) is 37.0 Å². The minimum atomic E-state index is -4.96. The molecule has 3 fully saturated rings. The molecule has 2 bridgehead atoms. The van der Waals surface area contributed by atoms with Crippen molar-refractivity contribution in [3.63, 3.8) is 0 Å². The van der Waals surface area contributed by atoms with E-state index in [0.717, 1.165) is 28.2 Å². The van der Waals surface area contributed by atoms with E-state index < -0.39 is 88.0 Å². The number of fused-ring (bicyclic) bond motifs is 4. The summed E-state index contributed by atoms with van der Waals surface area (Å²) in [6.45, 7) is -5.39. The molecular formula is C34H35N7O15P2S. The van der Waals surface area contributed by atoms with Gasteiger partial charge in [0.25, 0.3) is 5.56 Å². The molecule has 5 aromatic rings. The van der Waals surface area contributed by atoms with Crippen LogP contribution in [0.25, 0.3) is 11.2 Å². The molecule has 25 heteroatoms. The molecule has 59 heavy (non-hydrogen) atoms. The van der Waals surface area contributed by atoms with E-state index in [1.54, 1.807) is 24.3 Å². The summed E-state index contributed by atoms with van der Waals surface area (Å²) >= 11 is 0.804. The molecule has 0 saturated carbocycles. The van der Waals surface area contributed by atoms with Crippen LogP contribution in [0.2, 0.25) is 0 Å². The van der Waals surface area contributed by atoms with Crippen LogP contribution < -0.4 is 21.7 Å². The first-order chi connectivity index (χ1) is 28.3. The number of benzene rings is 2. The van der Waals surface area contributed by atoms with Crippen molar-refractivity contribution in [3.8, 4) is 11.5 Å². The number of nitrogens with one attached hydrogen (secondary N) is 1. The average Bonchev–Trinajstić information content (AvgIpc) is 3.91. The summed E-state index contributed by atoms with van der Waals surface area (Å²) in [6, 6.07) is 13.0. The Morgan fingerprint density at radius 3 is 2.49 bits per heavy atom. The van der Waals surface area contributed by atoms with Crippen LogP contribution >= 0.6 is 26.0 Å². The van der Waals surface area contributed by atoms with Crippen LogP contribution in [0.15, 0.2) is 83.0 Å². The second-order valence-electron chi connectivity index (χ2n) is 13.3. The van der Waals surface area contributed by atoms with E-state index in [0.29, 0.717) is 5.56 Å². The van der Waals surface area contributed by atoms with E-state index in [1.165, 1.54) is 48.6 Å². The van der Waals surface area contributed by atoms with Gasteiger partial charge in [-0.1, -0.05) is 12.1 Å². The van der Waals surface area contributed by atoms with Crippen LogP contribution in [0.5, 0.6) is 11.5 Å². The van der Waals surface area contributed by atoms with Crippen molar-refractivity contribution in [2.75, 3.05) is 26.1 Å². The Bertz CT molecular complexity index is 2560. The maximum Gasteiger partial charge on any atom is 0.472 e. The number of phenols is 1. The van der Waals surface area contributed by atoms with Gasteiger partial charge in [-0.25, -0.2) is 33.7 Å². The van der Waals surface area contributed by atoms with Gasteiger partial charge < -0.3 is 34.7 Å².